The first-order valence-corrected chi connectivity index (χ1v) is 10.1. The van der Waals surface area contributed by atoms with Gasteiger partial charge in [0.05, 0.1) is 18.4 Å². The van der Waals surface area contributed by atoms with Crippen molar-refractivity contribution in [3.63, 3.8) is 0 Å². The summed E-state index contributed by atoms with van der Waals surface area (Å²) in [4.78, 5) is 28.6. The van der Waals surface area contributed by atoms with Gasteiger partial charge in [0.15, 0.2) is 6.61 Å². The number of aryl methyl sites for hydroxylation is 1. The third-order valence-electron chi connectivity index (χ3n) is 5.31. The van der Waals surface area contributed by atoms with Gasteiger partial charge >= 0.3 is 5.97 Å². The van der Waals surface area contributed by atoms with Crippen LogP contribution in [-0.4, -0.2) is 49.1 Å². The van der Waals surface area contributed by atoms with Crippen LogP contribution in [0, 0.1) is 13.8 Å². The summed E-state index contributed by atoms with van der Waals surface area (Å²) in [7, 11) is 5.66. The standard InChI is InChI=1S/C24H29N3O4/c1-17-13-22(18(2)27(17)15-21-7-6-12-30-21)24(29)31-16-23(28)26(5)14-19-8-10-20(11-9-19)25(3)4/h6-13H,14-16H2,1-5H3. The number of furan rings is 1. The molecule has 2 heterocycles. The smallest absolute Gasteiger partial charge is 0.340 e. The largest absolute Gasteiger partial charge is 0.467 e. The molecule has 1 amide bonds. The molecule has 0 saturated heterocycles. The number of amides is 1. The van der Waals surface area contributed by atoms with E-state index in [0.717, 1.165) is 28.4 Å². The molecule has 7 nitrogen and oxygen atoms in total. The molecule has 0 aliphatic heterocycles. The molecular weight excluding hydrogens is 394 g/mol. The summed E-state index contributed by atoms with van der Waals surface area (Å²) in [6.45, 7) is 4.46. The van der Waals surface area contributed by atoms with Crippen molar-refractivity contribution < 1.29 is 18.7 Å². The van der Waals surface area contributed by atoms with Gasteiger partial charge in [0.25, 0.3) is 5.91 Å². The maximum atomic E-state index is 12.6. The molecule has 3 aromatic rings. The molecular formula is C24H29N3O4. The van der Waals surface area contributed by atoms with Crippen molar-refractivity contribution in [2.45, 2.75) is 26.9 Å². The highest BCUT2D eigenvalue weighted by atomic mass is 16.5. The Hall–Kier alpha value is -3.48. The van der Waals surface area contributed by atoms with E-state index in [1.165, 1.54) is 0 Å². The fourth-order valence-electron chi connectivity index (χ4n) is 3.39. The van der Waals surface area contributed by atoms with Crippen molar-refractivity contribution in [2.24, 2.45) is 0 Å². The molecule has 0 radical (unpaired) electrons. The molecule has 164 valence electrons. The Morgan fingerprint density at radius 3 is 2.39 bits per heavy atom. The van der Waals surface area contributed by atoms with Gasteiger partial charge in [-0.2, -0.15) is 0 Å². The molecule has 0 fully saturated rings. The predicted molar refractivity (Wildman–Crippen MR) is 119 cm³/mol. The lowest BCUT2D eigenvalue weighted by atomic mass is 10.2. The number of carbonyl (C=O) groups excluding carboxylic acids is 2. The first-order valence-electron chi connectivity index (χ1n) is 10.1. The number of likely N-dealkylation sites (N-methyl/N-ethyl adjacent to an activating group) is 1. The molecule has 0 saturated carbocycles. The van der Waals surface area contributed by atoms with Crippen molar-refractivity contribution in [1.29, 1.82) is 0 Å². The van der Waals surface area contributed by atoms with Crippen molar-refractivity contribution in [3.8, 4) is 0 Å². The number of nitrogens with zero attached hydrogens (tertiary/aromatic N) is 3. The number of carbonyl (C=O) groups is 2. The SMILES string of the molecule is Cc1cc(C(=O)OCC(=O)N(C)Cc2ccc(N(C)C)cc2)c(C)n1Cc1ccco1. The van der Waals surface area contributed by atoms with E-state index in [1.54, 1.807) is 24.3 Å². The van der Waals surface area contributed by atoms with Crippen LogP contribution in [0.2, 0.25) is 0 Å². The molecule has 31 heavy (non-hydrogen) atoms. The molecule has 0 aliphatic rings. The molecule has 7 heteroatoms. The number of benzene rings is 1. The third kappa shape index (κ3) is 5.36. The summed E-state index contributed by atoms with van der Waals surface area (Å²) in [5.74, 6) is 0.0439. The zero-order valence-corrected chi connectivity index (χ0v) is 18.7. The van der Waals surface area contributed by atoms with Crippen molar-refractivity contribution >= 4 is 17.6 Å². The maximum Gasteiger partial charge on any atom is 0.340 e. The second-order valence-corrected chi connectivity index (χ2v) is 7.84. The number of aromatic nitrogens is 1. The van der Waals surface area contributed by atoms with Gasteiger partial charge in [-0.05, 0) is 49.7 Å². The monoisotopic (exact) mass is 423 g/mol. The minimum Gasteiger partial charge on any atom is -0.467 e. The van der Waals surface area contributed by atoms with Gasteiger partial charge in [0, 0.05) is 44.8 Å². The first-order chi connectivity index (χ1) is 14.8. The number of ether oxygens (including phenoxy) is 1. The van der Waals surface area contributed by atoms with Crippen LogP contribution < -0.4 is 4.90 Å². The summed E-state index contributed by atoms with van der Waals surface area (Å²) in [5, 5.41) is 0. The Bertz CT molecular complexity index is 1030. The van der Waals surface area contributed by atoms with Crippen LogP contribution in [0.5, 0.6) is 0 Å². The Balaban J connectivity index is 1.56. The number of hydrogen-bond donors (Lipinski definition) is 0. The van der Waals surface area contributed by atoms with Crippen LogP contribution in [0.25, 0.3) is 0 Å². The van der Waals surface area contributed by atoms with Gasteiger partial charge in [0.1, 0.15) is 5.76 Å². The van der Waals surface area contributed by atoms with E-state index in [2.05, 4.69) is 0 Å². The van der Waals surface area contributed by atoms with Gasteiger partial charge in [-0.1, -0.05) is 12.1 Å². The van der Waals surface area contributed by atoms with Crippen LogP contribution >= 0.6 is 0 Å². The average molecular weight is 424 g/mol. The summed E-state index contributed by atoms with van der Waals surface area (Å²) in [6, 6.07) is 13.5. The lowest BCUT2D eigenvalue weighted by molar-refractivity contribution is -0.133. The van der Waals surface area contributed by atoms with E-state index in [4.69, 9.17) is 9.15 Å². The summed E-state index contributed by atoms with van der Waals surface area (Å²) < 4.78 is 12.7. The Morgan fingerprint density at radius 2 is 1.77 bits per heavy atom. The third-order valence-corrected chi connectivity index (χ3v) is 5.31. The summed E-state index contributed by atoms with van der Waals surface area (Å²) in [6.07, 6.45) is 1.62. The van der Waals surface area contributed by atoms with E-state index >= 15 is 0 Å². The second-order valence-electron chi connectivity index (χ2n) is 7.84. The van der Waals surface area contributed by atoms with Crippen LogP contribution in [0.4, 0.5) is 5.69 Å². The van der Waals surface area contributed by atoms with E-state index in [9.17, 15) is 9.59 Å². The molecule has 3 rings (SSSR count). The first kappa shape index (κ1) is 22.2. The van der Waals surface area contributed by atoms with Crippen LogP contribution in [0.3, 0.4) is 0 Å². The highest BCUT2D eigenvalue weighted by Gasteiger charge is 2.19. The van der Waals surface area contributed by atoms with E-state index in [0.29, 0.717) is 18.7 Å². The lowest BCUT2D eigenvalue weighted by Crippen LogP contribution is -2.30. The van der Waals surface area contributed by atoms with E-state index in [1.807, 2.05) is 73.8 Å². The Morgan fingerprint density at radius 1 is 1.06 bits per heavy atom. The molecule has 1 aromatic carbocycles. The zero-order chi connectivity index (χ0) is 22.5. The predicted octanol–water partition coefficient (Wildman–Crippen LogP) is 3.63. The molecule has 0 spiro atoms. The molecule has 0 N–H and O–H groups in total. The van der Waals surface area contributed by atoms with E-state index in [-0.39, 0.29) is 12.5 Å². The van der Waals surface area contributed by atoms with Gasteiger partial charge in [0.2, 0.25) is 0 Å². The van der Waals surface area contributed by atoms with Crippen molar-refractivity contribution in [1.82, 2.24) is 9.47 Å². The lowest BCUT2D eigenvalue weighted by Gasteiger charge is -2.18. The normalized spacial score (nSPS) is 10.7. The maximum absolute atomic E-state index is 12.6. The van der Waals surface area contributed by atoms with E-state index < -0.39 is 5.97 Å². The molecule has 0 aliphatic carbocycles. The number of anilines is 1. The van der Waals surface area contributed by atoms with Crippen molar-refractivity contribution in [3.05, 3.63) is 77.0 Å². The Kier molecular flexibility index (Phi) is 6.84. The fraction of sp³-hybridized carbons (Fsp3) is 0.333. The minimum absolute atomic E-state index is 0.255. The van der Waals surface area contributed by atoms with Crippen LogP contribution in [0.15, 0.2) is 53.1 Å². The molecule has 0 unspecified atom stereocenters. The average Bonchev–Trinajstić information content (AvgIpc) is 3.36. The highest BCUT2D eigenvalue weighted by Crippen LogP contribution is 2.19. The fourth-order valence-corrected chi connectivity index (χ4v) is 3.39. The number of esters is 1. The number of hydrogen-bond acceptors (Lipinski definition) is 5. The molecule has 0 atom stereocenters. The molecule has 0 bridgehead atoms. The summed E-state index contributed by atoms with van der Waals surface area (Å²) in [5.41, 5.74) is 4.26. The van der Waals surface area contributed by atoms with Gasteiger partial charge in [-0.3, -0.25) is 4.79 Å². The minimum atomic E-state index is -0.504. The quantitative estimate of drug-likeness (QED) is 0.518. The van der Waals surface area contributed by atoms with Crippen LogP contribution in [-0.2, 0) is 22.6 Å². The molecule has 2 aromatic heterocycles. The van der Waals surface area contributed by atoms with Crippen molar-refractivity contribution in [2.75, 3.05) is 32.6 Å². The van der Waals surface area contributed by atoms with Gasteiger partial charge < -0.3 is 23.5 Å². The van der Waals surface area contributed by atoms with Crippen LogP contribution in [0.1, 0.15) is 33.1 Å². The van der Waals surface area contributed by atoms with Gasteiger partial charge in [-0.15, -0.1) is 0 Å². The Labute approximate surface area is 182 Å². The number of rotatable bonds is 8. The second kappa shape index (κ2) is 9.55. The topological polar surface area (TPSA) is 67.9 Å². The van der Waals surface area contributed by atoms with Gasteiger partial charge in [-0.25, -0.2) is 4.79 Å². The summed E-state index contributed by atoms with van der Waals surface area (Å²) >= 11 is 0. The highest BCUT2D eigenvalue weighted by molar-refractivity contribution is 5.92. The zero-order valence-electron chi connectivity index (χ0n) is 18.7.